The molecule has 3 fully saturated rings. The molecule has 0 aromatic carbocycles. The van der Waals surface area contributed by atoms with E-state index in [0.717, 1.165) is 48.7 Å². The third-order valence-corrected chi connectivity index (χ3v) is 11.2. The second-order valence-electron chi connectivity index (χ2n) is 13.8. The predicted octanol–water partition coefficient (Wildman–Crippen LogP) is 7.97. The Morgan fingerprint density at radius 2 is 1.79 bits per heavy atom. The number of hydrogen-bond acceptors (Lipinski definition) is 2. The molecule has 2 nitrogen and oxygen atoms in total. The number of fused-ring (bicyclic) bond motifs is 5. The lowest BCUT2D eigenvalue weighted by molar-refractivity contribution is -0.0644. The monoisotopic (exact) mass is 457 g/mol. The first-order valence-corrected chi connectivity index (χ1v) is 14.6. The van der Waals surface area contributed by atoms with Crippen LogP contribution in [0.4, 0.5) is 0 Å². The highest BCUT2D eigenvalue weighted by Crippen LogP contribution is 2.67. The largest absolute Gasteiger partial charge is 0.377 e. The average Bonchev–Trinajstić information content (AvgIpc) is 3.10. The highest BCUT2D eigenvalue weighted by molar-refractivity contribution is 5.25. The highest BCUT2D eigenvalue weighted by atomic mass is 16.5. The van der Waals surface area contributed by atoms with Crippen molar-refractivity contribution in [2.75, 3.05) is 27.2 Å². The molecule has 0 bridgehead atoms. The average molecular weight is 458 g/mol. The van der Waals surface area contributed by atoms with Crippen LogP contribution in [0.1, 0.15) is 105 Å². The minimum absolute atomic E-state index is 0.451. The van der Waals surface area contributed by atoms with Gasteiger partial charge >= 0.3 is 0 Å². The molecule has 0 radical (unpaired) electrons. The third-order valence-electron chi connectivity index (χ3n) is 11.2. The fourth-order valence-corrected chi connectivity index (χ4v) is 9.20. The van der Waals surface area contributed by atoms with Gasteiger partial charge in [0.2, 0.25) is 0 Å². The molecule has 0 aromatic rings. The topological polar surface area (TPSA) is 12.5 Å². The Morgan fingerprint density at radius 1 is 1.00 bits per heavy atom. The number of ether oxygens (including phenoxy) is 1. The fourth-order valence-electron chi connectivity index (χ4n) is 9.20. The summed E-state index contributed by atoms with van der Waals surface area (Å²) in [4.78, 5) is 2.23. The van der Waals surface area contributed by atoms with Gasteiger partial charge in [-0.3, -0.25) is 0 Å². The van der Waals surface area contributed by atoms with Crippen LogP contribution in [-0.4, -0.2) is 38.3 Å². The molecule has 0 saturated heterocycles. The van der Waals surface area contributed by atoms with Gasteiger partial charge in [0.05, 0.1) is 12.7 Å². The van der Waals surface area contributed by atoms with Gasteiger partial charge in [0.15, 0.2) is 0 Å². The van der Waals surface area contributed by atoms with Gasteiger partial charge in [0.1, 0.15) is 0 Å². The van der Waals surface area contributed by atoms with Gasteiger partial charge < -0.3 is 9.64 Å². The summed E-state index contributed by atoms with van der Waals surface area (Å²) in [6.07, 6.45) is 18.6. The van der Waals surface area contributed by atoms with Crippen molar-refractivity contribution < 1.29 is 4.74 Å². The summed E-state index contributed by atoms with van der Waals surface area (Å²) in [5.74, 6) is 5.57. The van der Waals surface area contributed by atoms with Crippen LogP contribution in [0.25, 0.3) is 0 Å². The molecule has 4 aliphatic rings. The van der Waals surface area contributed by atoms with Gasteiger partial charge in [0.25, 0.3) is 0 Å². The van der Waals surface area contributed by atoms with Crippen molar-refractivity contribution in [1.29, 1.82) is 0 Å². The zero-order valence-electron chi connectivity index (χ0n) is 23.2. The van der Waals surface area contributed by atoms with Gasteiger partial charge in [-0.1, -0.05) is 65.5 Å². The summed E-state index contributed by atoms with van der Waals surface area (Å²) < 4.78 is 6.31. The van der Waals surface area contributed by atoms with E-state index in [1.807, 2.05) is 0 Å². The maximum Gasteiger partial charge on any atom is 0.0613 e. The lowest BCUT2D eigenvalue weighted by Gasteiger charge is -2.58. The molecule has 0 N–H and O–H groups in total. The van der Waals surface area contributed by atoms with Crippen LogP contribution in [0.15, 0.2) is 11.6 Å². The number of allylic oxidation sites excluding steroid dienone is 1. The van der Waals surface area contributed by atoms with Gasteiger partial charge in [-0.05, 0) is 112 Å². The molecule has 2 heteroatoms. The van der Waals surface area contributed by atoms with Gasteiger partial charge in [-0.15, -0.1) is 0 Å². The molecule has 33 heavy (non-hydrogen) atoms. The summed E-state index contributed by atoms with van der Waals surface area (Å²) >= 11 is 0. The number of hydrogen-bond donors (Lipinski definition) is 0. The summed E-state index contributed by atoms with van der Waals surface area (Å²) in [5, 5.41) is 0. The summed E-state index contributed by atoms with van der Waals surface area (Å²) in [6.45, 7) is 14.7. The summed E-state index contributed by atoms with van der Waals surface area (Å²) in [7, 11) is 4.28. The lowest BCUT2D eigenvalue weighted by Crippen LogP contribution is -2.51. The first-order valence-electron chi connectivity index (χ1n) is 14.6. The van der Waals surface area contributed by atoms with Crippen LogP contribution >= 0.6 is 0 Å². The highest BCUT2D eigenvalue weighted by Gasteiger charge is 2.59. The lowest BCUT2D eigenvalue weighted by atomic mass is 9.47. The maximum absolute atomic E-state index is 6.31. The second-order valence-corrected chi connectivity index (χ2v) is 13.8. The molecule has 190 valence electrons. The quantitative estimate of drug-likeness (QED) is 0.325. The Hall–Kier alpha value is -0.340. The van der Waals surface area contributed by atoms with Gasteiger partial charge in [-0.2, -0.15) is 0 Å². The minimum atomic E-state index is 0.451. The summed E-state index contributed by atoms with van der Waals surface area (Å²) in [5.41, 5.74) is 2.82. The van der Waals surface area contributed by atoms with Crippen molar-refractivity contribution in [3.8, 4) is 0 Å². The van der Waals surface area contributed by atoms with E-state index in [2.05, 4.69) is 59.7 Å². The van der Waals surface area contributed by atoms with Crippen molar-refractivity contribution in [2.24, 2.45) is 46.3 Å². The molecule has 0 amide bonds. The van der Waals surface area contributed by atoms with Crippen LogP contribution in [0.5, 0.6) is 0 Å². The van der Waals surface area contributed by atoms with Crippen LogP contribution in [0.2, 0.25) is 0 Å². The predicted molar refractivity (Wildman–Crippen MR) is 141 cm³/mol. The first kappa shape index (κ1) is 25.7. The van der Waals surface area contributed by atoms with Crippen molar-refractivity contribution in [1.82, 2.24) is 4.90 Å². The molecule has 0 spiro atoms. The standard InChI is InChI=1S/C31H55NO/c1-22(2)9-8-10-23(3)27-13-14-28-26-12-11-24-21-25(33-20-19-32(6)7)15-17-30(24,4)29(26)16-18-31(27,28)5/h11,22-23,25-29H,8-10,12-21H2,1-7H3/t23?,25-,26?,27?,28?,29?,30-,31+/m0/s1. The van der Waals surface area contributed by atoms with Crippen LogP contribution < -0.4 is 0 Å². The van der Waals surface area contributed by atoms with Gasteiger partial charge in [0, 0.05) is 6.54 Å². The van der Waals surface area contributed by atoms with Crippen molar-refractivity contribution >= 4 is 0 Å². The maximum atomic E-state index is 6.31. The molecule has 0 heterocycles. The fraction of sp³-hybridized carbons (Fsp3) is 0.935. The second kappa shape index (κ2) is 10.3. The van der Waals surface area contributed by atoms with Crippen LogP contribution in [0, 0.1) is 46.3 Å². The zero-order valence-corrected chi connectivity index (χ0v) is 23.2. The van der Waals surface area contributed by atoms with Crippen molar-refractivity contribution in [3.05, 3.63) is 11.6 Å². The molecule has 0 aromatic heterocycles. The zero-order chi connectivity index (χ0) is 23.8. The Bertz CT molecular complexity index is 682. The Labute approximate surface area is 206 Å². The van der Waals surface area contributed by atoms with E-state index in [0.29, 0.717) is 16.9 Å². The first-order chi connectivity index (χ1) is 15.6. The molecule has 0 aliphatic heterocycles. The van der Waals surface area contributed by atoms with E-state index >= 15 is 0 Å². The summed E-state index contributed by atoms with van der Waals surface area (Å²) in [6, 6.07) is 0. The molecule has 3 saturated carbocycles. The van der Waals surface area contributed by atoms with Crippen molar-refractivity contribution in [3.63, 3.8) is 0 Å². The molecule has 5 unspecified atom stereocenters. The van der Waals surface area contributed by atoms with Crippen LogP contribution in [0.3, 0.4) is 0 Å². The number of likely N-dealkylation sites (N-methyl/N-ethyl adjacent to an activating group) is 1. The van der Waals surface area contributed by atoms with Crippen LogP contribution in [-0.2, 0) is 4.74 Å². The minimum Gasteiger partial charge on any atom is -0.377 e. The van der Waals surface area contributed by atoms with E-state index in [1.165, 1.54) is 70.6 Å². The molecular weight excluding hydrogens is 402 g/mol. The van der Waals surface area contributed by atoms with E-state index in [1.54, 1.807) is 5.57 Å². The number of nitrogens with zero attached hydrogens (tertiary/aromatic N) is 1. The van der Waals surface area contributed by atoms with Gasteiger partial charge in [-0.25, -0.2) is 0 Å². The Balaban J connectivity index is 1.41. The van der Waals surface area contributed by atoms with Crippen molar-refractivity contribution in [2.45, 2.75) is 111 Å². The Morgan fingerprint density at radius 3 is 2.52 bits per heavy atom. The SMILES string of the molecule is CC(C)CCCC(C)C1CCC2C3CC=C4C[C@@H](OCCN(C)C)CC[C@]4(C)C3CC[C@]12C. The molecule has 4 aliphatic carbocycles. The van der Waals surface area contributed by atoms with E-state index in [9.17, 15) is 0 Å². The molecule has 4 rings (SSSR count). The van der Waals surface area contributed by atoms with E-state index in [-0.39, 0.29) is 0 Å². The number of rotatable bonds is 9. The third kappa shape index (κ3) is 5.13. The normalized spacial score (nSPS) is 41.5. The smallest absolute Gasteiger partial charge is 0.0613 e. The Kier molecular flexibility index (Phi) is 8.06. The molecular formula is C31H55NO. The van der Waals surface area contributed by atoms with E-state index < -0.39 is 0 Å². The molecule has 8 atom stereocenters. The van der Waals surface area contributed by atoms with E-state index in [4.69, 9.17) is 4.74 Å².